The summed E-state index contributed by atoms with van der Waals surface area (Å²) in [6.45, 7) is 0. The Hall–Kier alpha value is -2.83. The van der Waals surface area contributed by atoms with Gasteiger partial charge in [0.1, 0.15) is 0 Å². The van der Waals surface area contributed by atoms with Crippen molar-refractivity contribution in [2.24, 2.45) is 0 Å². The molecule has 0 unspecified atom stereocenters. The number of hydrogen-bond acceptors (Lipinski definition) is 4. The van der Waals surface area contributed by atoms with E-state index in [1.807, 2.05) is 0 Å². The molecule has 0 aliphatic heterocycles. The molecule has 7 nitrogen and oxygen atoms in total. The van der Waals surface area contributed by atoms with Gasteiger partial charge in [0.25, 0.3) is 11.8 Å². The molecule has 0 aliphatic carbocycles. The number of nitrogens with zero attached hydrogens (tertiary/aromatic N) is 3. The van der Waals surface area contributed by atoms with Gasteiger partial charge in [0.2, 0.25) is 0 Å². The van der Waals surface area contributed by atoms with Crippen LogP contribution in [0.5, 0.6) is 0 Å². The van der Waals surface area contributed by atoms with E-state index in [4.69, 9.17) is 5.73 Å². The van der Waals surface area contributed by atoms with Gasteiger partial charge < -0.3 is 16.0 Å². The summed E-state index contributed by atoms with van der Waals surface area (Å²) in [5.74, 6) is -0.414. The van der Waals surface area contributed by atoms with E-state index in [9.17, 15) is 9.59 Å². The number of carbonyl (C=O) groups is 2. The number of nitrogen functional groups attached to an aromatic ring is 1. The maximum absolute atomic E-state index is 11.9. The Labute approximate surface area is 122 Å². The lowest BCUT2D eigenvalue weighted by Crippen LogP contribution is -2.22. The van der Waals surface area contributed by atoms with E-state index >= 15 is 0 Å². The first-order chi connectivity index (χ1) is 9.93. The van der Waals surface area contributed by atoms with Crippen molar-refractivity contribution in [1.82, 2.24) is 20.0 Å². The number of nitrogens with two attached hydrogens (primary N) is 1. The van der Waals surface area contributed by atoms with Gasteiger partial charge >= 0.3 is 0 Å². The van der Waals surface area contributed by atoms with Gasteiger partial charge in [-0.2, -0.15) is 5.10 Å². The monoisotopic (exact) mass is 287 g/mol. The lowest BCUT2D eigenvalue weighted by molar-refractivity contribution is 0.0821. The molecule has 0 saturated heterocycles. The van der Waals surface area contributed by atoms with Crippen LogP contribution in [0.4, 0.5) is 5.69 Å². The maximum atomic E-state index is 11.9. The van der Waals surface area contributed by atoms with E-state index < -0.39 is 0 Å². The Bertz CT molecular complexity index is 690. The van der Waals surface area contributed by atoms with E-state index in [2.05, 4.69) is 10.4 Å². The first-order valence-electron chi connectivity index (χ1n) is 6.33. The van der Waals surface area contributed by atoms with Crippen LogP contribution in [0.2, 0.25) is 0 Å². The second-order valence-electron chi connectivity index (χ2n) is 4.70. The summed E-state index contributed by atoms with van der Waals surface area (Å²) in [6.07, 6.45) is 1.63. The predicted octanol–water partition coefficient (Wildman–Crippen LogP) is 0.516. The van der Waals surface area contributed by atoms with Crippen molar-refractivity contribution in [1.29, 1.82) is 0 Å². The highest BCUT2D eigenvalue weighted by atomic mass is 16.2. The van der Waals surface area contributed by atoms with Gasteiger partial charge in [-0.15, -0.1) is 0 Å². The van der Waals surface area contributed by atoms with Crippen molar-refractivity contribution < 1.29 is 9.59 Å². The number of hydrogen-bond donors (Lipinski definition) is 2. The molecule has 0 saturated carbocycles. The van der Waals surface area contributed by atoms with Crippen LogP contribution >= 0.6 is 0 Å². The molecule has 2 aromatic rings. The Morgan fingerprint density at radius 3 is 2.62 bits per heavy atom. The summed E-state index contributed by atoms with van der Waals surface area (Å²) in [4.78, 5) is 25.0. The van der Waals surface area contributed by atoms with Crippen molar-refractivity contribution in [2.45, 2.75) is 0 Å². The van der Waals surface area contributed by atoms with Crippen LogP contribution in [0.1, 0.15) is 20.8 Å². The van der Waals surface area contributed by atoms with Crippen molar-refractivity contribution in [2.75, 3.05) is 26.9 Å². The molecule has 0 radical (unpaired) electrons. The summed E-state index contributed by atoms with van der Waals surface area (Å²) < 4.78 is 1.48. The first-order valence-corrected chi connectivity index (χ1v) is 6.33. The Morgan fingerprint density at radius 1 is 1.29 bits per heavy atom. The van der Waals surface area contributed by atoms with Gasteiger partial charge in [0, 0.05) is 32.9 Å². The molecule has 2 amide bonds. The molecular formula is C14H17N5O2. The lowest BCUT2D eigenvalue weighted by Gasteiger charge is -2.09. The average molecular weight is 287 g/mol. The smallest absolute Gasteiger partial charge is 0.273 e. The number of rotatable bonds is 3. The van der Waals surface area contributed by atoms with E-state index in [1.54, 1.807) is 51.6 Å². The Balaban J connectivity index is 2.42. The first kappa shape index (κ1) is 14.6. The molecule has 2 rings (SSSR count). The van der Waals surface area contributed by atoms with Gasteiger partial charge in [0.05, 0.1) is 11.4 Å². The normalized spacial score (nSPS) is 10.2. The van der Waals surface area contributed by atoms with Crippen LogP contribution in [-0.2, 0) is 0 Å². The largest absolute Gasteiger partial charge is 0.397 e. The van der Waals surface area contributed by atoms with Gasteiger partial charge in [-0.1, -0.05) is 0 Å². The van der Waals surface area contributed by atoms with Crippen molar-refractivity contribution in [3.63, 3.8) is 0 Å². The quantitative estimate of drug-likeness (QED) is 0.805. The van der Waals surface area contributed by atoms with E-state index in [1.165, 1.54) is 9.58 Å². The second kappa shape index (κ2) is 5.66. The van der Waals surface area contributed by atoms with Crippen LogP contribution < -0.4 is 11.1 Å². The zero-order chi connectivity index (χ0) is 15.6. The summed E-state index contributed by atoms with van der Waals surface area (Å²) >= 11 is 0. The number of nitrogens with one attached hydrogen (secondary N) is 1. The number of amides is 2. The third-order valence-electron chi connectivity index (χ3n) is 2.98. The SMILES string of the molecule is CNC(=O)c1ccc(N)c(-n2ccc(C(=O)N(C)C)n2)c1. The zero-order valence-corrected chi connectivity index (χ0v) is 12.1. The van der Waals surface area contributed by atoms with E-state index in [0.29, 0.717) is 22.6 Å². The molecule has 0 atom stereocenters. The number of carbonyl (C=O) groups excluding carboxylic acids is 2. The zero-order valence-electron chi connectivity index (χ0n) is 12.1. The van der Waals surface area contributed by atoms with Crippen molar-refractivity contribution >= 4 is 17.5 Å². The second-order valence-corrected chi connectivity index (χ2v) is 4.70. The predicted molar refractivity (Wildman–Crippen MR) is 79.4 cm³/mol. The van der Waals surface area contributed by atoms with Crippen LogP contribution in [0.3, 0.4) is 0 Å². The average Bonchev–Trinajstić information content (AvgIpc) is 2.95. The summed E-state index contributed by atoms with van der Waals surface area (Å²) in [5, 5.41) is 6.75. The summed E-state index contributed by atoms with van der Waals surface area (Å²) in [6, 6.07) is 6.50. The molecule has 110 valence electrons. The minimum Gasteiger partial charge on any atom is -0.397 e. The minimum absolute atomic E-state index is 0.199. The number of benzene rings is 1. The summed E-state index contributed by atoms with van der Waals surface area (Å²) in [7, 11) is 4.87. The molecule has 0 bridgehead atoms. The third kappa shape index (κ3) is 2.86. The fourth-order valence-corrected chi connectivity index (χ4v) is 1.83. The van der Waals surface area contributed by atoms with Crippen LogP contribution in [0.15, 0.2) is 30.5 Å². The molecule has 1 aromatic heterocycles. The molecule has 3 N–H and O–H groups in total. The van der Waals surface area contributed by atoms with Gasteiger partial charge in [-0.25, -0.2) is 4.68 Å². The molecule has 21 heavy (non-hydrogen) atoms. The lowest BCUT2D eigenvalue weighted by atomic mass is 10.1. The molecule has 0 fully saturated rings. The van der Waals surface area contributed by atoms with Gasteiger partial charge in [-0.05, 0) is 24.3 Å². The van der Waals surface area contributed by atoms with E-state index in [0.717, 1.165) is 0 Å². The fourth-order valence-electron chi connectivity index (χ4n) is 1.83. The Kier molecular flexibility index (Phi) is 3.93. The fraction of sp³-hybridized carbons (Fsp3) is 0.214. The standard InChI is InChI=1S/C14H17N5O2/c1-16-13(20)9-4-5-10(15)12(8-9)19-7-6-11(17-19)14(21)18(2)3/h4-8H,15H2,1-3H3,(H,16,20). The van der Waals surface area contributed by atoms with Crippen LogP contribution in [-0.4, -0.2) is 47.6 Å². The molecule has 1 aromatic carbocycles. The highest BCUT2D eigenvalue weighted by Gasteiger charge is 2.14. The molecular weight excluding hydrogens is 270 g/mol. The topological polar surface area (TPSA) is 93.2 Å². The van der Waals surface area contributed by atoms with Gasteiger partial charge in [-0.3, -0.25) is 9.59 Å². The summed E-state index contributed by atoms with van der Waals surface area (Å²) in [5.41, 5.74) is 7.72. The van der Waals surface area contributed by atoms with Crippen molar-refractivity contribution in [3.8, 4) is 5.69 Å². The Morgan fingerprint density at radius 2 is 2.00 bits per heavy atom. The van der Waals surface area contributed by atoms with Crippen molar-refractivity contribution in [3.05, 3.63) is 41.7 Å². The third-order valence-corrected chi connectivity index (χ3v) is 2.98. The highest BCUT2D eigenvalue weighted by Crippen LogP contribution is 2.19. The molecule has 0 spiro atoms. The highest BCUT2D eigenvalue weighted by molar-refractivity contribution is 5.95. The number of anilines is 1. The number of aromatic nitrogens is 2. The minimum atomic E-state index is -0.215. The van der Waals surface area contributed by atoms with Crippen LogP contribution in [0, 0.1) is 0 Å². The molecule has 1 heterocycles. The molecule has 0 aliphatic rings. The van der Waals surface area contributed by atoms with Gasteiger partial charge in [0.15, 0.2) is 5.69 Å². The van der Waals surface area contributed by atoms with E-state index in [-0.39, 0.29) is 11.8 Å². The maximum Gasteiger partial charge on any atom is 0.273 e. The van der Waals surface area contributed by atoms with Crippen LogP contribution in [0.25, 0.3) is 5.69 Å². The molecule has 7 heteroatoms.